The molecule has 1 nitrogen and oxygen atoms in total. The first-order chi connectivity index (χ1) is 6.16. The maximum atomic E-state index is 13.9. The van der Waals surface area contributed by atoms with Crippen LogP contribution in [0, 0.1) is 5.92 Å². The van der Waals surface area contributed by atoms with Crippen molar-refractivity contribution in [3.8, 4) is 0 Å². The third kappa shape index (κ3) is 1.88. The van der Waals surface area contributed by atoms with E-state index in [0.29, 0.717) is 23.6 Å². The lowest BCUT2D eigenvalue weighted by molar-refractivity contribution is 0.288. The Kier molecular flexibility index (Phi) is 3.40. The van der Waals surface area contributed by atoms with Crippen molar-refractivity contribution in [3.63, 3.8) is 0 Å². The van der Waals surface area contributed by atoms with Gasteiger partial charge in [-0.05, 0) is 30.7 Å². The lowest BCUT2D eigenvalue weighted by Crippen LogP contribution is -2.10. The monoisotopic (exact) mass is 235 g/mol. The highest BCUT2D eigenvalue weighted by Crippen LogP contribution is 2.55. The van der Waals surface area contributed by atoms with E-state index < -0.39 is 5.67 Å². The van der Waals surface area contributed by atoms with Crippen LogP contribution in [0.5, 0.6) is 0 Å². The lowest BCUT2D eigenvalue weighted by atomic mass is 10.1. The SMILES string of the molecule is Cl.NC[C@H]1C[C@]1(F)c1cccc(Cl)c1. The minimum Gasteiger partial charge on any atom is -0.330 e. The minimum atomic E-state index is -1.21. The van der Waals surface area contributed by atoms with Gasteiger partial charge >= 0.3 is 0 Å². The van der Waals surface area contributed by atoms with E-state index >= 15 is 0 Å². The highest BCUT2D eigenvalue weighted by Gasteiger charge is 2.55. The molecule has 2 N–H and O–H groups in total. The van der Waals surface area contributed by atoms with Crippen LogP contribution in [0.15, 0.2) is 24.3 Å². The van der Waals surface area contributed by atoms with E-state index in [4.69, 9.17) is 17.3 Å². The van der Waals surface area contributed by atoms with Crippen LogP contribution in [0.2, 0.25) is 5.02 Å². The van der Waals surface area contributed by atoms with Gasteiger partial charge < -0.3 is 5.73 Å². The number of nitrogens with two attached hydrogens (primary N) is 1. The van der Waals surface area contributed by atoms with Crippen LogP contribution in [0.1, 0.15) is 12.0 Å². The van der Waals surface area contributed by atoms with Crippen molar-refractivity contribution in [2.75, 3.05) is 6.54 Å². The van der Waals surface area contributed by atoms with Crippen molar-refractivity contribution in [2.45, 2.75) is 12.1 Å². The number of hydrogen-bond donors (Lipinski definition) is 1. The molecule has 1 aromatic carbocycles. The average molecular weight is 236 g/mol. The van der Waals surface area contributed by atoms with Crippen LogP contribution in [0.4, 0.5) is 4.39 Å². The van der Waals surface area contributed by atoms with Crippen molar-refractivity contribution in [3.05, 3.63) is 34.9 Å². The molecule has 2 atom stereocenters. The minimum absolute atomic E-state index is 0. The zero-order chi connectivity index (χ0) is 9.47. The Morgan fingerprint density at radius 3 is 2.79 bits per heavy atom. The van der Waals surface area contributed by atoms with Gasteiger partial charge in [-0.1, -0.05) is 23.7 Å². The summed E-state index contributed by atoms with van der Waals surface area (Å²) in [5.74, 6) is -0.0223. The summed E-state index contributed by atoms with van der Waals surface area (Å²) in [4.78, 5) is 0. The van der Waals surface area contributed by atoms with Crippen molar-refractivity contribution in [1.29, 1.82) is 0 Å². The second kappa shape index (κ2) is 4.05. The Bertz CT molecular complexity index is 332. The van der Waals surface area contributed by atoms with Gasteiger partial charge in [0.15, 0.2) is 0 Å². The summed E-state index contributed by atoms with van der Waals surface area (Å²) in [6.45, 7) is 0.406. The quantitative estimate of drug-likeness (QED) is 0.839. The van der Waals surface area contributed by atoms with Gasteiger partial charge in [-0.2, -0.15) is 0 Å². The van der Waals surface area contributed by atoms with E-state index in [1.807, 2.05) is 0 Å². The zero-order valence-corrected chi connectivity index (χ0v) is 9.11. The van der Waals surface area contributed by atoms with Crippen molar-refractivity contribution >= 4 is 24.0 Å². The van der Waals surface area contributed by atoms with Gasteiger partial charge in [-0.3, -0.25) is 0 Å². The molecule has 0 spiro atoms. The number of benzene rings is 1. The van der Waals surface area contributed by atoms with Gasteiger partial charge in [-0.25, -0.2) is 4.39 Å². The molecule has 1 saturated carbocycles. The molecule has 1 aromatic rings. The fourth-order valence-electron chi connectivity index (χ4n) is 1.67. The molecule has 0 radical (unpaired) electrons. The first kappa shape index (κ1) is 11.8. The molecule has 2 rings (SSSR count). The molecule has 4 heteroatoms. The van der Waals surface area contributed by atoms with Gasteiger partial charge in [0.25, 0.3) is 0 Å². The van der Waals surface area contributed by atoms with E-state index in [9.17, 15) is 4.39 Å². The van der Waals surface area contributed by atoms with Gasteiger partial charge in [0, 0.05) is 10.9 Å². The molecule has 0 amide bonds. The first-order valence-corrected chi connectivity index (χ1v) is 4.69. The number of halogens is 3. The number of alkyl halides is 1. The van der Waals surface area contributed by atoms with Crippen LogP contribution in [0.3, 0.4) is 0 Å². The summed E-state index contributed by atoms with van der Waals surface area (Å²) in [5.41, 5.74) is 4.87. The molecule has 1 aliphatic carbocycles. The van der Waals surface area contributed by atoms with Gasteiger partial charge in [0.05, 0.1) is 0 Å². The van der Waals surface area contributed by atoms with E-state index in [-0.39, 0.29) is 18.3 Å². The zero-order valence-electron chi connectivity index (χ0n) is 7.54. The van der Waals surface area contributed by atoms with E-state index in [2.05, 4.69) is 0 Å². The van der Waals surface area contributed by atoms with Crippen molar-refractivity contribution in [2.24, 2.45) is 11.7 Å². The van der Waals surface area contributed by atoms with E-state index in [0.717, 1.165) is 0 Å². The van der Waals surface area contributed by atoms with Crippen molar-refractivity contribution < 1.29 is 4.39 Å². The van der Waals surface area contributed by atoms with Gasteiger partial charge in [-0.15, -0.1) is 12.4 Å². The lowest BCUT2D eigenvalue weighted by Gasteiger charge is -2.07. The van der Waals surface area contributed by atoms with Gasteiger partial charge in [0.1, 0.15) is 5.67 Å². The number of hydrogen-bond acceptors (Lipinski definition) is 1. The van der Waals surface area contributed by atoms with Crippen molar-refractivity contribution in [1.82, 2.24) is 0 Å². The van der Waals surface area contributed by atoms with Crippen LogP contribution in [-0.4, -0.2) is 6.54 Å². The average Bonchev–Trinajstić information content (AvgIpc) is 2.79. The van der Waals surface area contributed by atoms with Gasteiger partial charge in [0.2, 0.25) is 0 Å². The molecule has 0 unspecified atom stereocenters. The molecule has 0 aliphatic heterocycles. The molecule has 1 aliphatic rings. The van der Waals surface area contributed by atoms with E-state index in [1.165, 1.54) is 0 Å². The number of rotatable bonds is 2. The third-order valence-corrected chi connectivity index (χ3v) is 2.85. The van der Waals surface area contributed by atoms with Crippen LogP contribution in [0.25, 0.3) is 0 Å². The predicted octanol–water partition coefficient (Wildman–Crippen LogP) is 2.91. The van der Waals surface area contributed by atoms with Crippen LogP contribution >= 0.6 is 24.0 Å². The maximum absolute atomic E-state index is 13.9. The fourth-order valence-corrected chi connectivity index (χ4v) is 1.86. The van der Waals surface area contributed by atoms with E-state index in [1.54, 1.807) is 24.3 Å². The molecule has 1 fully saturated rings. The molecule has 0 saturated heterocycles. The summed E-state index contributed by atoms with van der Waals surface area (Å²) in [6.07, 6.45) is 0.532. The molecule has 0 aromatic heterocycles. The summed E-state index contributed by atoms with van der Waals surface area (Å²) in [6, 6.07) is 6.96. The molecule has 0 heterocycles. The Morgan fingerprint density at radius 2 is 2.29 bits per heavy atom. The second-order valence-corrected chi connectivity index (χ2v) is 3.95. The molecular formula is C10H12Cl2FN. The molecule has 14 heavy (non-hydrogen) atoms. The van der Waals surface area contributed by atoms with Crippen LogP contribution < -0.4 is 5.73 Å². The second-order valence-electron chi connectivity index (χ2n) is 3.51. The fraction of sp³-hybridized carbons (Fsp3) is 0.400. The maximum Gasteiger partial charge on any atom is 0.140 e. The highest BCUT2D eigenvalue weighted by atomic mass is 35.5. The Balaban J connectivity index is 0.000000980. The summed E-state index contributed by atoms with van der Waals surface area (Å²) < 4.78 is 13.9. The van der Waals surface area contributed by atoms with Crippen LogP contribution in [-0.2, 0) is 5.67 Å². The highest BCUT2D eigenvalue weighted by molar-refractivity contribution is 6.30. The Morgan fingerprint density at radius 1 is 1.57 bits per heavy atom. The molecular weight excluding hydrogens is 224 g/mol. The smallest absolute Gasteiger partial charge is 0.140 e. The summed E-state index contributed by atoms with van der Waals surface area (Å²) in [7, 11) is 0. The standard InChI is InChI=1S/C10H11ClFN.ClH/c11-9-3-1-2-7(4-9)10(12)5-8(10)6-13;/h1-4,8H,5-6,13H2;1H/t8-,10+;/m1./s1. The Hall–Kier alpha value is -0.310. The normalized spacial score (nSPS) is 29.5. The first-order valence-electron chi connectivity index (χ1n) is 4.32. The summed E-state index contributed by atoms with van der Waals surface area (Å²) in [5, 5.41) is 0.581. The topological polar surface area (TPSA) is 26.0 Å². The molecule has 78 valence electrons. The largest absolute Gasteiger partial charge is 0.330 e. The Labute approximate surface area is 93.8 Å². The summed E-state index contributed by atoms with van der Waals surface area (Å²) >= 11 is 5.77. The molecule has 0 bridgehead atoms. The third-order valence-electron chi connectivity index (χ3n) is 2.62. The predicted molar refractivity (Wildman–Crippen MR) is 58.6 cm³/mol.